The molecule has 114 valence electrons. The van der Waals surface area contributed by atoms with E-state index in [9.17, 15) is 0 Å². The number of benzene rings is 1. The molecule has 1 aromatic carbocycles. The van der Waals surface area contributed by atoms with E-state index >= 15 is 0 Å². The molecular weight excluding hydrogens is 262 g/mol. The molecule has 0 saturated carbocycles. The van der Waals surface area contributed by atoms with Crippen LogP contribution < -0.4 is 5.73 Å². The minimum absolute atomic E-state index is 0.207. The number of hydrogen-bond acceptors (Lipinski definition) is 2. The van der Waals surface area contributed by atoms with Crippen LogP contribution in [0, 0.1) is 0 Å². The molecule has 1 unspecified atom stereocenters. The van der Waals surface area contributed by atoms with Crippen LogP contribution in [0.25, 0.3) is 0 Å². The lowest BCUT2D eigenvalue weighted by Crippen LogP contribution is -2.11. The quantitative estimate of drug-likeness (QED) is 0.403. The first-order chi connectivity index (χ1) is 9.79. The van der Waals surface area contributed by atoms with Crippen molar-refractivity contribution in [3.05, 3.63) is 29.8 Å². The standard InChI is InChI=1S/C18H31NS/c1-3-4-5-6-7-8-9-10-14-17(19)16-13-11-12-15-18(16)20-2/h11-13,15,17H,3-10,14,19H2,1-2H3. The lowest BCUT2D eigenvalue weighted by atomic mass is 10.00. The molecule has 0 amide bonds. The second kappa shape index (κ2) is 11.2. The van der Waals surface area contributed by atoms with E-state index in [4.69, 9.17) is 5.73 Å². The van der Waals surface area contributed by atoms with Gasteiger partial charge in [0.25, 0.3) is 0 Å². The third kappa shape index (κ3) is 6.81. The summed E-state index contributed by atoms with van der Waals surface area (Å²) in [6.45, 7) is 2.27. The summed E-state index contributed by atoms with van der Waals surface area (Å²) in [5, 5.41) is 0. The molecule has 1 atom stereocenters. The lowest BCUT2D eigenvalue weighted by molar-refractivity contribution is 0.533. The van der Waals surface area contributed by atoms with Gasteiger partial charge in [0.15, 0.2) is 0 Å². The SMILES string of the molecule is CCCCCCCCCCC(N)c1ccccc1SC. The Morgan fingerprint density at radius 2 is 1.55 bits per heavy atom. The van der Waals surface area contributed by atoms with Gasteiger partial charge in [-0.3, -0.25) is 0 Å². The molecule has 1 aromatic rings. The van der Waals surface area contributed by atoms with E-state index in [0.29, 0.717) is 0 Å². The van der Waals surface area contributed by atoms with Crippen molar-refractivity contribution < 1.29 is 0 Å². The maximum atomic E-state index is 6.34. The van der Waals surface area contributed by atoms with Crippen molar-refractivity contribution in [3.8, 4) is 0 Å². The fourth-order valence-electron chi connectivity index (χ4n) is 2.63. The van der Waals surface area contributed by atoms with E-state index < -0.39 is 0 Å². The highest BCUT2D eigenvalue weighted by atomic mass is 32.2. The third-order valence-electron chi connectivity index (χ3n) is 3.91. The monoisotopic (exact) mass is 293 g/mol. The zero-order chi connectivity index (χ0) is 14.6. The predicted molar refractivity (Wildman–Crippen MR) is 92.4 cm³/mol. The van der Waals surface area contributed by atoms with Crippen molar-refractivity contribution in [2.75, 3.05) is 6.26 Å². The van der Waals surface area contributed by atoms with E-state index in [1.807, 2.05) is 0 Å². The normalized spacial score (nSPS) is 12.6. The van der Waals surface area contributed by atoms with Crippen LogP contribution in [-0.2, 0) is 0 Å². The molecule has 0 aliphatic rings. The Kier molecular flexibility index (Phi) is 9.86. The van der Waals surface area contributed by atoms with Crippen molar-refractivity contribution in [1.82, 2.24) is 0 Å². The molecule has 0 aliphatic heterocycles. The highest BCUT2D eigenvalue weighted by molar-refractivity contribution is 7.98. The molecule has 0 aromatic heterocycles. The number of rotatable bonds is 11. The second-order valence-electron chi connectivity index (χ2n) is 5.61. The van der Waals surface area contributed by atoms with Gasteiger partial charge in [-0.15, -0.1) is 11.8 Å². The van der Waals surface area contributed by atoms with Crippen LogP contribution in [0.15, 0.2) is 29.2 Å². The summed E-state index contributed by atoms with van der Waals surface area (Å²) >= 11 is 1.80. The summed E-state index contributed by atoms with van der Waals surface area (Å²) in [5.41, 5.74) is 7.66. The zero-order valence-electron chi connectivity index (χ0n) is 13.2. The molecule has 0 radical (unpaired) electrons. The van der Waals surface area contributed by atoms with Gasteiger partial charge in [0.2, 0.25) is 0 Å². The molecule has 0 fully saturated rings. The zero-order valence-corrected chi connectivity index (χ0v) is 14.1. The largest absolute Gasteiger partial charge is 0.324 e. The van der Waals surface area contributed by atoms with Crippen LogP contribution in [0.4, 0.5) is 0 Å². The maximum Gasteiger partial charge on any atom is 0.0305 e. The van der Waals surface area contributed by atoms with Gasteiger partial charge in [-0.05, 0) is 24.3 Å². The third-order valence-corrected chi connectivity index (χ3v) is 4.72. The van der Waals surface area contributed by atoms with Crippen LogP contribution in [0.5, 0.6) is 0 Å². The average Bonchev–Trinajstić information content (AvgIpc) is 2.49. The molecule has 0 heterocycles. The van der Waals surface area contributed by atoms with Gasteiger partial charge < -0.3 is 5.73 Å². The average molecular weight is 294 g/mol. The highest BCUT2D eigenvalue weighted by Gasteiger charge is 2.09. The van der Waals surface area contributed by atoms with Crippen LogP contribution in [0.2, 0.25) is 0 Å². The topological polar surface area (TPSA) is 26.0 Å². The molecule has 2 heteroatoms. The minimum Gasteiger partial charge on any atom is -0.324 e. The van der Waals surface area contributed by atoms with E-state index in [0.717, 1.165) is 6.42 Å². The minimum atomic E-state index is 0.207. The summed E-state index contributed by atoms with van der Waals surface area (Å²) in [6.07, 6.45) is 14.2. The van der Waals surface area contributed by atoms with Crippen molar-refractivity contribution in [3.63, 3.8) is 0 Å². The van der Waals surface area contributed by atoms with E-state index in [1.54, 1.807) is 11.8 Å². The van der Waals surface area contributed by atoms with Crippen LogP contribution in [-0.4, -0.2) is 6.26 Å². The highest BCUT2D eigenvalue weighted by Crippen LogP contribution is 2.27. The first-order valence-corrected chi connectivity index (χ1v) is 9.40. The van der Waals surface area contributed by atoms with Crippen LogP contribution in [0.3, 0.4) is 0 Å². The van der Waals surface area contributed by atoms with Crippen molar-refractivity contribution in [2.45, 2.75) is 75.6 Å². The Hall–Kier alpha value is -0.470. The molecule has 0 aliphatic carbocycles. The van der Waals surface area contributed by atoms with Gasteiger partial charge in [0.1, 0.15) is 0 Å². The molecule has 0 bridgehead atoms. The van der Waals surface area contributed by atoms with Gasteiger partial charge in [0.05, 0.1) is 0 Å². The number of unbranched alkanes of at least 4 members (excludes halogenated alkanes) is 7. The summed E-state index contributed by atoms with van der Waals surface area (Å²) in [4.78, 5) is 1.33. The summed E-state index contributed by atoms with van der Waals surface area (Å²) in [6, 6.07) is 8.76. The Labute approximate surface area is 129 Å². The molecule has 0 spiro atoms. The van der Waals surface area contributed by atoms with Crippen LogP contribution >= 0.6 is 11.8 Å². The predicted octanol–water partition coefficient (Wildman–Crippen LogP) is 5.94. The first-order valence-electron chi connectivity index (χ1n) is 8.18. The van der Waals surface area contributed by atoms with Gasteiger partial charge in [-0.1, -0.05) is 76.5 Å². The summed E-state index contributed by atoms with van der Waals surface area (Å²) < 4.78 is 0. The Morgan fingerprint density at radius 3 is 2.20 bits per heavy atom. The molecule has 20 heavy (non-hydrogen) atoms. The van der Waals surface area contributed by atoms with Gasteiger partial charge in [0, 0.05) is 10.9 Å². The lowest BCUT2D eigenvalue weighted by Gasteiger charge is -2.15. The van der Waals surface area contributed by atoms with E-state index in [2.05, 4.69) is 37.4 Å². The smallest absolute Gasteiger partial charge is 0.0305 e. The Balaban J connectivity index is 2.15. The van der Waals surface area contributed by atoms with Crippen LogP contribution in [0.1, 0.15) is 76.3 Å². The first kappa shape index (κ1) is 17.6. The fourth-order valence-corrected chi connectivity index (χ4v) is 3.30. The molecule has 0 saturated heterocycles. The van der Waals surface area contributed by atoms with Gasteiger partial charge >= 0.3 is 0 Å². The summed E-state index contributed by atoms with van der Waals surface area (Å²) in [5.74, 6) is 0. The summed E-state index contributed by atoms with van der Waals surface area (Å²) in [7, 11) is 0. The van der Waals surface area contributed by atoms with E-state index in [-0.39, 0.29) is 6.04 Å². The number of hydrogen-bond donors (Lipinski definition) is 1. The fraction of sp³-hybridized carbons (Fsp3) is 0.667. The van der Waals surface area contributed by atoms with Crippen molar-refractivity contribution >= 4 is 11.8 Å². The number of nitrogens with two attached hydrogens (primary N) is 1. The molecule has 2 N–H and O–H groups in total. The second-order valence-corrected chi connectivity index (χ2v) is 6.46. The molecular formula is C18H31NS. The Bertz CT molecular complexity index is 351. The molecule has 1 nitrogen and oxygen atoms in total. The van der Waals surface area contributed by atoms with Gasteiger partial charge in [-0.25, -0.2) is 0 Å². The van der Waals surface area contributed by atoms with Crippen molar-refractivity contribution in [1.29, 1.82) is 0 Å². The molecule has 1 rings (SSSR count). The van der Waals surface area contributed by atoms with Crippen molar-refractivity contribution in [2.24, 2.45) is 5.73 Å². The van der Waals surface area contributed by atoms with E-state index in [1.165, 1.54) is 61.8 Å². The number of thioether (sulfide) groups is 1. The van der Waals surface area contributed by atoms with Gasteiger partial charge in [-0.2, -0.15) is 0 Å². The Morgan fingerprint density at radius 1 is 0.950 bits per heavy atom. The maximum absolute atomic E-state index is 6.34.